The van der Waals surface area contributed by atoms with Gasteiger partial charge in [-0.15, -0.1) is 0 Å². The van der Waals surface area contributed by atoms with E-state index in [0.717, 1.165) is 0 Å². The summed E-state index contributed by atoms with van der Waals surface area (Å²) >= 11 is 1.42. The summed E-state index contributed by atoms with van der Waals surface area (Å²) < 4.78 is 0. The first kappa shape index (κ1) is 25.6. The number of primary amides is 1. The zero-order chi connectivity index (χ0) is 21.9. The van der Waals surface area contributed by atoms with E-state index in [1.807, 2.05) is 0 Å². The Bertz CT molecular complexity index is 587. The van der Waals surface area contributed by atoms with Gasteiger partial charge in [-0.3, -0.25) is 19.2 Å². The van der Waals surface area contributed by atoms with Crippen LogP contribution >= 0.6 is 11.8 Å². The first-order chi connectivity index (χ1) is 13.0. The van der Waals surface area contributed by atoms with E-state index in [1.54, 1.807) is 6.26 Å². The third-order valence-corrected chi connectivity index (χ3v) is 4.17. The van der Waals surface area contributed by atoms with Crippen LogP contribution < -0.4 is 27.4 Å². The van der Waals surface area contributed by atoms with Crippen LogP contribution in [0.4, 0.5) is 0 Å². The van der Waals surface area contributed by atoms with E-state index in [-0.39, 0.29) is 6.42 Å². The van der Waals surface area contributed by atoms with Crippen molar-refractivity contribution in [3.63, 3.8) is 0 Å². The third kappa shape index (κ3) is 10.1. The number of carboxylic acid groups (broad SMARTS) is 1. The van der Waals surface area contributed by atoms with Gasteiger partial charge in [-0.1, -0.05) is 0 Å². The third-order valence-electron chi connectivity index (χ3n) is 3.53. The Labute approximate surface area is 166 Å². The highest BCUT2D eigenvalue weighted by atomic mass is 32.2. The largest absolute Gasteiger partial charge is 0.480 e. The van der Waals surface area contributed by atoms with Crippen molar-refractivity contribution in [1.82, 2.24) is 16.0 Å². The van der Waals surface area contributed by atoms with Gasteiger partial charge in [0.25, 0.3) is 0 Å². The number of rotatable bonds is 13. The molecule has 0 aliphatic rings. The number of aliphatic carboxylic acids is 1. The average Bonchev–Trinajstić information content (AvgIpc) is 2.60. The van der Waals surface area contributed by atoms with E-state index in [9.17, 15) is 29.1 Å². The van der Waals surface area contributed by atoms with E-state index in [4.69, 9.17) is 16.6 Å². The summed E-state index contributed by atoms with van der Waals surface area (Å²) in [6.45, 7) is 0.698. The summed E-state index contributed by atoms with van der Waals surface area (Å²) in [6, 6.07) is -3.85. The maximum absolute atomic E-state index is 12.2. The molecule has 0 aromatic carbocycles. The van der Waals surface area contributed by atoms with Crippen LogP contribution in [-0.4, -0.2) is 82.6 Å². The van der Waals surface area contributed by atoms with Gasteiger partial charge in [-0.25, -0.2) is 4.79 Å². The molecule has 0 heterocycles. The number of aliphatic hydroxyl groups is 1. The molecule has 0 bridgehead atoms. The smallest absolute Gasteiger partial charge is 0.326 e. The van der Waals surface area contributed by atoms with E-state index in [0.29, 0.717) is 5.75 Å². The predicted octanol–water partition coefficient (Wildman–Crippen LogP) is -3.51. The fraction of sp³-hybridized carbons (Fsp3) is 0.667. The molecule has 0 fully saturated rings. The van der Waals surface area contributed by atoms with Crippen molar-refractivity contribution < 1.29 is 34.2 Å². The number of nitrogens with two attached hydrogens (primary N) is 2. The van der Waals surface area contributed by atoms with Crippen molar-refractivity contribution in [3.8, 4) is 0 Å². The van der Waals surface area contributed by atoms with Gasteiger partial charge >= 0.3 is 5.97 Å². The molecule has 0 aromatic rings. The number of aliphatic hydroxyl groups excluding tert-OH is 1. The molecular formula is C15H27N5O7S. The van der Waals surface area contributed by atoms with Gasteiger partial charge in [-0.2, -0.15) is 11.8 Å². The Kier molecular flexibility index (Phi) is 11.8. The molecule has 0 radical (unpaired) electrons. The Morgan fingerprint density at radius 1 is 1.07 bits per heavy atom. The Morgan fingerprint density at radius 2 is 1.68 bits per heavy atom. The highest BCUT2D eigenvalue weighted by Gasteiger charge is 2.28. The molecule has 28 heavy (non-hydrogen) atoms. The van der Waals surface area contributed by atoms with Crippen molar-refractivity contribution in [2.75, 3.05) is 18.6 Å². The van der Waals surface area contributed by atoms with Gasteiger partial charge < -0.3 is 37.6 Å². The number of carboxylic acids is 1. The van der Waals surface area contributed by atoms with Crippen molar-refractivity contribution in [3.05, 3.63) is 0 Å². The molecule has 12 nitrogen and oxygen atoms in total. The van der Waals surface area contributed by atoms with E-state index in [1.165, 1.54) is 18.7 Å². The zero-order valence-corrected chi connectivity index (χ0v) is 16.5. The second-order valence-electron chi connectivity index (χ2n) is 5.96. The number of hydrogen-bond donors (Lipinski definition) is 7. The molecule has 160 valence electrons. The Balaban J connectivity index is 4.80. The van der Waals surface area contributed by atoms with Crippen LogP contribution in [0.5, 0.6) is 0 Å². The second kappa shape index (κ2) is 12.9. The SMILES string of the molecule is CSCCC(NC(=O)CNC(=O)C(CC(N)=O)NC(=O)C(N)C(C)O)C(=O)O. The van der Waals surface area contributed by atoms with Gasteiger partial charge in [0.1, 0.15) is 18.1 Å². The lowest BCUT2D eigenvalue weighted by atomic mass is 10.1. The van der Waals surface area contributed by atoms with Crippen molar-refractivity contribution >= 4 is 41.4 Å². The minimum atomic E-state index is -1.41. The molecule has 0 saturated heterocycles. The first-order valence-electron chi connectivity index (χ1n) is 8.30. The molecule has 9 N–H and O–H groups in total. The van der Waals surface area contributed by atoms with E-state index >= 15 is 0 Å². The summed E-state index contributed by atoms with van der Waals surface area (Å²) in [5.41, 5.74) is 10.5. The Hall–Kier alpha value is -2.38. The number of nitrogens with one attached hydrogen (secondary N) is 3. The molecule has 0 saturated carbocycles. The average molecular weight is 421 g/mol. The molecule has 0 spiro atoms. The zero-order valence-electron chi connectivity index (χ0n) is 15.6. The maximum Gasteiger partial charge on any atom is 0.326 e. The first-order valence-corrected chi connectivity index (χ1v) is 9.70. The predicted molar refractivity (Wildman–Crippen MR) is 101 cm³/mol. The topological polar surface area (TPSA) is 214 Å². The van der Waals surface area contributed by atoms with E-state index in [2.05, 4.69) is 16.0 Å². The van der Waals surface area contributed by atoms with Crippen molar-refractivity contribution in [2.24, 2.45) is 11.5 Å². The van der Waals surface area contributed by atoms with Crippen LogP contribution in [0.3, 0.4) is 0 Å². The van der Waals surface area contributed by atoms with Crippen LogP contribution in [0, 0.1) is 0 Å². The van der Waals surface area contributed by atoms with Crippen molar-refractivity contribution in [1.29, 1.82) is 0 Å². The normalized spacial score (nSPS) is 14.9. The van der Waals surface area contributed by atoms with Crippen LogP contribution in [0.2, 0.25) is 0 Å². The minimum absolute atomic E-state index is 0.202. The number of carbonyl (C=O) groups is 5. The summed E-state index contributed by atoms with van der Waals surface area (Å²) in [6.07, 6.45) is 0.236. The van der Waals surface area contributed by atoms with Gasteiger partial charge in [0, 0.05) is 0 Å². The lowest BCUT2D eigenvalue weighted by Gasteiger charge is -2.21. The molecule has 13 heteroatoms. The molecule has 0 aromatic heterocycles. The Morgan fingerprint density at radius 3 is 2.14 bits per heavy atom. The fourth-order valence-corrected chi connectivity index (χ4v) is 2.40. The van der Waals surface area contributed by atoms with Crippen LogP contribution in [0.25, 0.3) is 0 Å². The molecule has 0 aliphatic heterocycles. The minimum Gasteiger partial charge on any atom is -0.480 e. The molecule has 0 aliphatic carbocycles. The van der Waals surface area contributed by atoms with Gasteiger partial charge in [0.05, 0.1) is 19.1 Å². The lowest BCUT2D eigenvalue weighted by molar-refractivity contribution is -0.141. The summed E-state index contributed by atoms with van der Waals surface area (Å²) in [5, 5.41) is 25.0. The number of carbonyl (C=O) groups excluding carboxylic acids is 4. The quantitative estimate of drug-likeness (QED) is 0.157. The summed E-state index contributed by atoms with van der Waals surface area (Å²) in [4.78, 5) is 58.1. The van der Waals surface area contributed by atoms with Gasteiger partial charge in [0.2, 0.25) is 23.6 Å². The highest BCUT2D eigenvalue weighted by Crippen LogP contribution is 2.01. The van der Waals surface area contributed by atoms with Crippen molar-refractivity contribution in [2.45, 2.75) is 44.0 Å². The van der Waals surface area contributed by atoms with Crippen LogP contribution in [0.1, 0.15) is 19.8 Å². The standard InChI is InChI=1S/C15H27N5O7S/c1-7(21)12(17)14(25)20-9(5-10(16)22)13(24)18-6-11(23)19-8(15(26)27)3-4-28-2/h7-9,12,21H,3-6,17H2,1-2H3,(H2,16,22)(H,18,24)(H,19,23)(H,20,25)(H,26,27). The van der Waals surface area contributed by atoms with Gasteiger partial charge in [0.15, 0.2) is 0 Å². The van der Waals surface area contributed by atoms with Crippen LogP contribution in [0.15, 0.2) is 0 Å². The van der Waals surface area contributed by atoms with Gasteiger partial charge in [-0.05, 0) is 25.4 Å². The molecule has 0 rings (SSSR count). The molecular weight excluding hydrogens is 394 g/mol. The number of amides is 4. The molecule has 4 amide bonds. The number of thioether (sulfide) groups is 1. The maximum atomic E-state index is 12.2. The number of hydrogen-bond acceptors (Lipinski definition) is 8. The summed E-state index contributed by atoms with van der Waals surface area (Å²) in [5.74, 6) is -4.12. The summed E-state index contributed by atoms with van der Waals surface area (Å²) in [7, 11) is 0. The highest BCUT2D eigenvalue weighted by molar-refractivity contribution is 7.98. The van der Waals surface area contributed by atoms with E-state index < -0.39 is 66.8 Å². The monoisotopic (exact) mass is 421 g/mol. The lowest BCUT2D eigenvalue weighted by Crippen LogP contribution is -2.56. The molecule has 4 atom stereocenters. The van der Waals surface area contributed by atoms with Crippen LogP contribution in [-0.2, 0) is 24.0 Å². The fourth-order valence-electron chi connectivity index (χ4n) is 1.93. The second-order valence-corrected chi connectivity index (χ2v) is 6.94. The molecule has 4 unspecified atom stereocenters.